The van der Waals surface area contributed by atoms with E-state index in [9.17, 15) is 4.79 Å². The Kier molecular flexibility index (Phi) is 3.89. The predicted molar refractivity (Wildman–Crippen MR) is 56.6 cm³/mol. The molecule has 1 rings (SSSR count). The number of ketones is 1. The van der Waals surface area contributed by atoms with Crippen LogP contribution in [0.2, 0.25) is 0 Å². The molecule has 0 aliphatic carbocycles. The van der Waals surface area contributed by atoms with E-state index in [-0.39, 0.29) is 0 Å². The van der Waals surface area contributed by atoms with Crippen LogP contribution in [0.1, 0.15) is 12.8 Å². The van der Waals surface area contributed by atoms with Gasteiger partial charge in [-0.05, 0) is 12.2 Å². The molecule has 1 heterocycles. The van der Waals surface area contributed by atoms with Gasteiger partial charge >= 0.3 is 0 Å². The van der Waals surface area contributed by atoms with E-state index >= 15 is 0 Å². The minimum Gasteiger partial charge on any atom is -0.359 e. The summed E-state index contributed by atoms with van der Waals surface area (Å²) < 4.78 is 0. The summed E-state index contributed by atoms with van der Waals surface area (Å²) in [6.07, 6.45) is 3.01. The van der Waals surface area contributed by atoms with Crippen molar-refractivity contribution in [1.29, 1.82) is 0 Å². The minimum atomic E-state index is 0.336. The average Bonchev–Trinajstić information content (AvgIpc) is 2.15. The number of piperidine rings is 1. The van der Waals surface area contributed by atoms with Crippen LogP contribution in [0.4, 0.5) is 0 Å². The highest BCUT2D eigenvalue weighted by Crippen LogP contribution is 2.05. The molecule has 0 atom stereocenters. The van der Waals surface area contributed by atoms with Crippen molar-refractivity contribution in [3.63, 3.8) is 0 Å². The molecule has 0 bridgehead atoms. The van der Waals surface area contributed by atoms with Crippen molar-refractivity contribution in [1.82, 2.24) is 10.2 Å². The predicted octanol–water partition coefficient (Wildman–Crippen LogP) is 0.712. The first-order valence-corrected chi connectivity index (χ1v) is 4.80. The highest BCUT2D eigenvalue weighted by molar-refractivity contribution is 7.80. The fraction of sp³-hybridized carbons (Fsp3) is 0.556. The molecule has 1 aliphatic heterocycles. The van der Waals surface area contributed by atoms with E-state index in [0.29, 0.717) is 25.2 Å². The number of hydrogen-bond donors (Lipinski definition) is 1. The zero-order valence-corrected chi connectivity index (χ0v) is 8.40. The van der Waals surface area contributed by atoms with Crippen LogP contribution < -0.4 is 5.32 Å². The second-order valence-electron chi connectivity index (χ2n) is 3.00. The number of likely N-dealkylation sites (tertiary alicyclic amines) is 1. The Morgan fingerprint density at radius 2 is 2.23 bits per heavy atom. The molecule has 4 heteroatoms. The fourth-order valence-corrected chi connectivity index (χ4v) is 1.50. The molecule has 0 aromatic carbocycles. The highest BCUT2D eigenvalue weighted by Gasteiger charge is 2.17. The summed E-state index contributed by atoms with van der Waals surface area (Å²) in [5, 5.41) is 3.77. The van der Waals surface area contributed by atoms with Gasteiger partial charge in [0, 0.05) is 32.5 Å². The van der Waals surface area contributed by atoms with Crippen molar-refractivity contribution >= 4 is 23.1 Å². The monoisotopic (exact) mass is 198 g/mol. The quantitative estimate of drug-likeness (QED) is 0.523. The van der Waals surface area contributed by atoms with Crippen molar-refractivity contribution in [2.24, 2.45) is 0 Å². The molecule has 1 aliphatic rings. The van der Waals surface area contributed by atoms with E-state index in [2.05, 4.69) is 11.9 Å². The lowest BCUT2D eigenvalue weighted by Crippen LogP contribution is -2.44. The molecule has 0 radical (unpaired) electrons. The molecular weight excluding hydrogens is 184 g/mol. The van der Waals surface area contributed by atoms with Crippen molar-refractivity contribution in [2.45, 2.75) is 12.8 Å². The number of carbonyl (C=O) groups excluding carboxylic acids is 1. The number of carbonyl (C=O) groups is 1. The van der Waals surface area contributed by atoms with Crippen LogP contribution in [-0.4, -0.2) is 35.4 Å². The third-order valence-corrected chi connectivity index (χ3v) is 2.41. The molecule has 0 amide bonds. The van der Waals surface area contributed by atoms with E-state index in [4.69, 9.17) is 12.2 Å². The van der Waals surface area contributed by atoms with E-state index in [1.165, 1.54) is 0 Å². The third kappa shape index (κ3) is 3.14. The van der Waals surface area contributed by atoms with Gasteiger partial charge in [-0.2, -0.15) is 0 Å². The van der Waals surface area contributed by atoms with Gasteiger partial charge in [-0.25, -0.2) is 0 Å². The number of nitrogens with one attached hydrogen (secondary N) is 1. The highest BCUT2D eigenvalue weighted by atomic mass is 32.1. The van der Waals surface area contributed by atoms with Crippen molar-refractivity contribution < 1.29 is 4.79 Å². The largest absolute Gasteiger partial charge is 0.359 e. The Morgan fingerprint density at radius 3 is 2.77 bits per heavy atom. The molecule has 1 fully saturated rings. The molecular formula is C9H14N2OS. The smallest absolute Gasteiger partial charge is 0.169 e. The Labute approximate surface area is 83.8 Å². The van der Waals surface area contributed by atoms with E-state index in [1.54, 1.807) is 6.08 Å². The lowest BCUT2D eigenvalue weighted by molar-refractivity contribution is -0.120. The van der Waals surface area contributed by atoms with Crippen molar-refractivity contribution in [2.75, 3.05) is 19.6 Å². The first-order valence-electron chi connectivity index (χ1n) is 4.39. The van der Waals surface area contributed by atoms with Crippen LogP contribution in [0.5, 0.6) is 0 Å². The third-order valence-electron chi connectivity index (χ3n) is 2.01. The molecule has 1 N–H and O–H groups in total. The molecule has 13 heavy (non-hydrogen) atoms. The average molecular weight is 198 g/mol. The van der Waals surface area contributed by atoms with Gasteiger partial charge in [0.1, 0.15) is 5.78 Å². The Bertz CT molecular complexity index is 218. The van der Waals surface area contributed by atoms with Crippen LogP contribution in [0.3, 0.4) is 0 Å². The lowest BCUT2D eigenvalue weighted by atomic mass is 10.1. The Morgan fingerprint density at radius 1 is 1.62 bits per heavy atom. The van der Waals surface area contributed by atoms with Gasteiger partial charge in [-0.1, -0.05) is 6.08 Å². The van der Waals surface area contributed by atoms with E-state index in [1.807, 2.05) is 4.90 Å². The maximum absolute atomic E-state index is 10.9. The van der Waals surface area contributed by atoms with Gasteiger partial charge in [0.05, 0.1) is 0 Å². The summed E-state index contributed by atoms with van der Waals surface area (Å²) in [6.45, 7) is 5.78. The zero-order chi connectivity index (χ0) is 9.68. The molecule has 3 nitrogen and oxygen atoms in total. The number of rotatable bonds is 2. The molecule has 0 spiro atoms. The summed E-state index contributed by atoms with van der Waals surface area (Å²) in [7, 11) is 0. The molecule has 0 aromatic heterocycles. The van der Waals surface area contributed by atoms with Crippen LogP contribution in [0.15, 0.2) is 12.7 Å². The number of Topliss-reactive ketones (excluding diaryl/α,β-unsaturated/α-hetero) is 1. The topological polar surface area (TPSA) is 32.3 Å². The number of nitrogens with zero attached hydrogens (tertiary/aromatic N) is 1. The van der Waals surface area contributed by atoms with Crippen LogP contribution >= 0.6 is 12.2 Å². The van der Waals surface area contributed by atoms with Crippen LogP contribution in [0.25, 0.3) is 0 Å². The van der Waals surface area contributed by atoms with Gasteiger partial charge in [0.15, 0.2) is 5.11 Å². The standard InChI is InChI=1S/C9H14N2OS/c1-2-5-10-9(13)11-6-3-8(12)4-7-11/h2H,1,3-7H2,(H,10,13). The molecule has 0 saturated carbocycles. The molecule has 0 aromatic rings. The van der Waals surface area contributed by atoms with Crippen molar-refractivity contribution in [3.05, 3.63) is 12.7 Å². The zero-order valence-electron chi connectivity index (χ0n) is 7.58. The second-order valence-corrected chi connectivity index (χ2v) is 3.39. The maximum Gasteiger partial charge on any atom is 0.169 e. The van der Waals surface area contributed by atoms with Gasteiger partial charge in [-0.15, -0.1) is 6.58 Å². The first kappa shape index (κ1) is 10.2. The Balaban J connectivity index is 2.31. The van der Waals surface area contributed by atoms with Crippen molar-refractivity contribution in [3.8, 4) is 0 Å². The second kappa shape index (κ2) is 4.97. The van der Waals surface area contributed by atoms with Gasteiger partial charge in [0.2, 0.25) is 0 Å². The summed E-state index contributed by atoms with van der Waals surface area (Å²) in [5.74, 6) is 0.336. The SMILES string of the molecule is C=CCNC(=S)N1CCC(=O)CC1. The summed E-state index contributed by atoms with van der Waals surface area (Å²) >= 11 is 5.13. The van der Waals surface area contributed by atoms with Crippen LogP contribution in [0, 0.1) is 0 Å². The summed E-state index contributed by atoms with van der Waals surface area (Å²) in [5.41, 5.74) is 0. The number of thiocarbonyl (C=S) groups is 1. The minimum absolute atomic E-state index is 0.336. The van der Waals surface area contributed by atoms with E-state index < -0.39 is 0 Å². The summed E-state index contributed by atoms with van der Waals surface area (Å²) in [6, 6.07) is 0. The normalized spacial score (nSPS) is 16.9. The maximum atomic E-state index is 10.9. The summed E-state index contributed by atoms with van der Waals surface area (Å²) in [4.78, 5) is 13.0. The lowest BCUT2D eigenvalue weighted by Gasteiger charge is -2.28. The van der Waals surface area contributed by atoms with Gasteiger partial charge < -0.3 is 10.2 Å². The molecule has 72 valence electrons. The van der Waals surface area contributed by atoms with E-state index in [0.717, 1.165) is 18.2 Å². The van der Waals surface area contributed by atoms with Gasteiger partial charge in [0.25, 0.3) is 0 Å². The van der Waals surface area contributed by atoms with Crippen LogP contribution in [-0.2, 0) is 4.79 Å². The molecule has 0 unspecified atom stereocenters. The first-order chi connectivity index (χ1) is 6.24. The fourth-order valence-electron chi connectivity index (χ4n) is 1.23. The van der Waals surface area contributed by atoms with Gasteiger partial charge in [-0.3, -0.25) is 4.79 Å². The number of hydrogen-bond acceptors (Lipinski definition) is 2. The Hall–Kier alpha value is -0.900. The molecule has 1 saturated heterocycles.